The molecule has 0 aromatic rings. The Hall–Kier alpha value is -4.56. The summed E-state index contributed by atoms with van der Waals surface area (Å²) in [6, 6.07) is 0. The fourth-order valence-corrected chi connectivity index (χ4v) is 2.22. The highest BCUT2D eigenvalue weighted by atomic mass is 16.6. The summed E-state index contributed by atoms with van der Waals surface area (Å²) in [6.07, 6.45) is 0.343. The molecule has 0 radical (unpaired) electrons. The van der Waals surface area contributed by atoms with Crippen molar-refractivity contribution in [1.82, 2.24) is 5.32 Å². The van der Waals surface area contributed by atoms with Crippen molar-refractivity contribution in [1.29, 1.82) is 0 Å². The third kappa shape index (κ3) is 17.0. The van der Waals surface area contributed by atoms with Crippen molar-refractivity contribution in [2.45, 2.75) is 39.5 Å². The monoisotopic (exact) mass is 571 g/mol. The molecule has 0 rings (SSSR count). The lowest BCUT2D eigenvalue weighted by atomic mass is 10.1. The highest BCUT2D eigenvalue weighted by Gasteiger charge is 2.19. The first-order valence-electron chi connectivity index (χ1n) is 12.0. The van der Waals surface area contributed by atoms with Gasteiger partial charge in [0.2, 0.25) is 5.78 Å². The van der Waals surface area contributed by atoms with Gasteiger partial charge in [-0.3, -0.25) is 9.59 Å². The van der Waals surface area contributed by atoms with Crippen LogP contribution < -0.4 is 5.32 Å². The number of nitrogens with one attached hydrogen (secondary N) is 1. The molecule has 222 valence electrons. The van der Waals surface area contributed by atoms with Gasteiger partial charge in [-0.2, -0.15) is 0 Å². The zero-order valence-electron chi connectivity index (χ0n) is 22.4. The Balaban J connectivity index is 3.86. The Morgan fingerprint density at radius 1 is 0.500 bits per heavy atom. The largest absolute Gasteiger partial charge is 0.459 e. The van der Waals surface area contributed by atoms with Crippen LogP contribution in [0, 0.1) is 0 Å². The molecule has 0 saturated heterocycles. The van der Waals surface area contributed by atoms with Crippen LogP contribution in [0.1, 0.15) is 39.5 Å². The molecular formula is C25H33NO14. The zero-order valence-corrected chi connectivity index (χ0v) is 22.4. The lowest BCUT2D eigenvalue weighted by Gasteiger charge is -2.07. The Labute approximate surface area is 230 Å². The van der Waals surface area contributed by atoms with Gasteiger partial charge < -0.3 is 33.7 Å². The number of rotatable bonds is 18. The first kappa shape index (κ1) is 35.4. The van der Waals surface area contributed by atoms with Crippen LogP contribution >= 0.6 is 0 Å². The predicted molar refractivity (Wildman–Crippen MR) is 132 cm³/mol. The van der Waals surface area contributed by atoms with Crippen molar-refractivity contribution in [3.8, 4) is 0 Å². The van der Waals surface area contributed by atoms with Gasteiger partial charge in [-0.1, -0.05) is 13.2 Å². The average molecular weight is 572 g/mol. The molecule has 0 bridgehead atoms. The summed E-state index contributed by atoms with van der Waals surface area (Å²) in [5, 5.41) is 2.32. The number of ether oxygens (including phenoxy) is 6. The van der Waals surface area contributed by atoms with E-state index in [-0.39, 0.29) is 83.0 Å². The number of Topliss-reactive ketones (excluding diaryl/α,β-unsaturated/α-hetero) is 1. The summed E-state index contributed by atoms with van der Waals surface area (Å²) < 4.78 is 27.9. The molecule has 0 heterocycles. The van der Waals surface area contributed by atoms with Crippen LogP contribution in [0.2, 0.25) is 0 Å². The van der Waals surface area contributed by atoms with Gasteiger partial charge in [0.1, 0.15) is 26.4 Å². The normalized spacial score (nSPS) is 9.85. The van der Waals surface area contributed by atoms with Crippen molar-refractivity contribution in [2.75, 3.05) is 46.2 Å². The molecule has 40 heavy (non-hydrogen) atoms. The second kappa shape index (κ2) is 20.4. The Morgan fingerprint density at radius 2 is 0.850 bits per heavy atom. The van der Waals surface area contributed by atoms with Crippen LogP contribution in [-0.2, 0) is 66.8 Å². The van der Waals surface area contributed by atoms with Crippen LogP contribution in [0.5, 0.6) is 0 Å². The molecule has 0 atom stereocenters. The van der Waals surface area contributed by atoms with E-state index in [0.29, 0.717) is 0 Å². The lowest BCUT2D eigenvalue weighted by molar-refractivity contribution is -0.169. The number of carbonyl (C=O) groups excluding carboxylic acids is 8. The van der Waals surface area contributed by atoms with Crippen LogP contribution in [-0.4, -0.2) is 93.7 Å². The fourth-order valence-electron chi connectivity index (χ4n) is 2.22. The standard InChI is InChI=1S/C25H33NO14/c1-16(2)20(29)37-12-14-39-24(33)22(31)35-10-6-5-8-18(27)19(28)26-9-7-11-36-23(32)25(34)40-15-13-38-21(30)17(3)4/h1,3,5-15H2,2,4H3,(H,26,28). The summed E-state index contributed by atoms with van der Waals surface area (Å²) >= 11 is 0. The van der Waals surface area contributed by atoms with E-state index in [2.05, 4.69) is 42.2 Å². The van der Waals surface area contributed by atoms with Gasteiger partial charge in [-0.15, -0.1) is 0 Å². The maximum Gasteiger partial charge on any atom is 0.417 e. The third-order valence-corrected chi connectivity index (χ3v) is 4.25. The Kier molecular flexibility index (Phi) is 18.1. The van der Waals surface area contributed by atoms with E-state index in [4.69, 9.17) is 4.74 Å². The second-order valence-corrected chi connectivity index (χ2v) is 7.87. The molecular weight excluding hydrogens is 538 g/mol. The van der Waals surface area contributed by atoms with Crippen molar-refractivity contribution in [3.05, 3.63) is 24.3 Å². The third-order valence-electron chi connectivity index (χ3n) is 4.25. The SMILES string of the molecule is C=C(C)C(=O)OCCOC(=O)C(=O)OCCCCC(=O)C(=O)NCCCOC(=O)C(=O)OCCOC(=O)C(=C)C. The number of carbonyl (C=O) groups is 8. The molecule has 0 aromatic heterocycles. The van der Waals surface area contributed by atoms with Gasteiger partial charge in [-0.05, 0) is 33.1 Å². The summed E-state index contributed by atoms with van der Waals surface area (Å²) in [5.41, 5.74) is 0.332. The Bertz CT molecular complexity index is 906. The molecule has 0 aliphatic heterocycles. The Morgan fingerprint density at radius 3 is 1.25 bits per heavy atom. The molecule has 0 spiro atoms. The quantitative estimate of drug-likeness (QED) is 0.0734. The molecule has 15 nitrogen and oxygen atoms in total. The lowest BCUT2D eigenvalue weighted by Crippen LogP contribution is -2.32. The highest BCUT2D eigenvalue weighted by molar-refractivity contribution is 6.36. The van der Waals surface area contributed by atoms with Crippen LogP contribution in [0.15, 0.2) is 24.3 Å². The maximum atomic E-state index is 11.8. The van der Waals surface area contributed by atoms with Crippen molar-refractivity contribution in [3.63, 3.8) is 0 Å². The van der Waals surface area contributed by atoms with E-state index in [1.54, 1.807) is 0 Å². The molecule has 1 amide bonds. The highest BCUT2D eigenvalue weighted by Crippen LogP contribution is 1.99. The zero-order chi connectivity index (χ0) is 30.5. The number of hydrogen-bond acceptors (Lipinski definition) is 14. The molecule has 0 aliphatic rings. The number of hydrogen-bond donors (Lipinski definition) is 1. The van der Waals surface area contributed by atoms with E-state index in [1.165, 1.54) is 13.8 Å². The molecule has 0 unspecified atom stereocenters. The second-order valence-electron chi connectivity index (χ2n) is 7.87. The van der Waals surface area contributed by atoms with Crippen LogP contribution in [0.3, 0.4) is 0 Å². The van der Waals surface area contributed by atoms with Gasteiger partial charge in [0.15, 0.2) is 0 Å². The van der Waals surface area contributed by atoms with Crippen molar-refractivity contribution in [2.24, 2.45) is 0 Å². The number of amides is 1. The van der Waals surface area contributed by atoms with Crippen molar-refractivity contribution >= 4 is 47.5 Å². The number of esters is 6. The minimum absolute atomic E-state index is 0.0180. The van der Waals surface area contributed by atoms with Gasteiger partial charge >= 0.3 is 35.8 Å². The minimum atomic E-state index is -1.28. The summed E-state index contributed by atoms with van der Waals surface area (Å²) in [5.74, 6) is -8.02. The fraction of sp³-hybridized carbons (Fsp3) is 0.520. The van der Waals surface area contributed by atoms with Crippen LogP contribution in [0.25, 0.3) is 0 Å². The summed E-state index contributed by atoms with van der Waals surface area (Å²) in [7, 11) is 0. The molecule has 0 saturated carbocycles. The molecule has 1 N–H and O–H groups in total. The van der Waals surface area contributed by atoms with E-state index >= 15 is 0 Å². The smallest absolute Gasteiger partial charge is 0.417 e. The van der Waals surface area contributed by atoms with Gasteiger partial charge in [0, 0.05) is 24.1 Å². The molecule has 15 heteroatoms. The van der Waals surface area contributed by atoms with E-state index in [0.717, 1.165) is 0 Å². The number of ketones is 1. The summed E-state index contributed by atoms with van der Waals surface area (Å²) in [6.45, 7) is 7.96. The number of unbranched alkanes of at least 4 members (excludes halogenated alkanes) is 1. The predicted octanol–water partition coefficient (Wildman–Crippen LogP) is -0.356. The summed E-state index contributed by atoms with van der Waals surface area (Å²) in [4.78, 5) is 91.9. The van der Waals surface area contributed by atoms with Crippen molar-refractivity contribution < 1.29 is 66.8 Å². The molecule has 0 fully saturated rings. The first-order valence-corrected chi connectivity index (χ1v) is 12.0. The van der Waals surface area contributed by atoms with Crippen LogP contribution in [0.4, 0.5) is 0 Å². The average Bonchev–Trinajstić information content (AvgIpc) is 2.91. The van der Waals surface area contributed by atoms with E-state index in [1.807, 2.05) is 0 Å². The van der Waals surface area contributed by atoms with E-state index < -0.39 is 47.5 Å². The maximum absolute atomic E-state index is 11.8. The molecule has 0 aromatic carbocycles. The first-order chi connectivity index (χ1) is 18.9. The van der Waals surface area contributed by atoms with Gasteiger partial charge in [0.05, 0.1) is 13.2 Å². The van der Waals surface area contributed by atoms with Gasteiger partial charge in [-0.25, -0.2) is 28.8 Å². The minimum Gasteiger partial charge on any atom is -0.459 e. The topological polar surface area (TPSA) is 204 Å². The molecule has 0 aliphatic carbocycles. The van der Waals surface area contributed by atoms with Gasteiger partial charge in [0.25, 0.3) is 5.91 Å². The van der Waals surface area contributed by atoms with E-state index in [9.17, 15) is 38.4 Å².